The molecule has 0 aromatic heterocycles. The molecule has 40 valence electrons. The van der Waals surface area contributed by atoms with Gasteiger partial charge in [-0.3, -0.25) is 0 Å². The van der Waals surface area contributed by atoms with E-state index in [1.807, 2.05) is 0 Å². The Kier molecular flexibility index (Phi) is 1.87. The molecule has 1 aliphatic carbocycles. The Morgan fingerprint density at radius 2 is 2.43 bits per heavy atom. The van der Waals surface area contributed by atoms with Gasteiger partial charge in [0, 0.05) is 0 Å². The third kappa shape index (κ3) is 1.28. The largest absolute Gasteiger partial charge is 0.137 e. The summed E-state index contributed by atoms with van der Waals surface area (Å²) in [7, 11) is 2.75. The summed E-state index contributed by atoms with van der Waals surface area (Å²) in [4.78, 5) is 0. The molecule has 0 aromatic carbocycles. The lowest BCUT2D eigenvalue weighted by atomic mass is 9.97. The van der Waals surface area contributed by atoms with Crippen molar-refractivity contribution in [2.24, 2.45) is 0 Å². The maximum Gasteiger partial charge on any atom is -0.0285 e. The maximum absolute atomic E-state index is 2.75. The molecule has 0 nitrogen and oxygen atoms in total. The zero-order valence-corrected chi connectivity index (χ0v) is 5.64. The van der Waals surface area contributed by atoms with Crippen LogP contribution in [0.3, 0.4) is 0 Å². The van der Waals surface area contributed by atoms with Crippen molar-refractivity contribution in [3.63, 3.8) is 0 Å². The lowest BCUT2D eigenvalue weighted by molar-refractivity contribution is 0.820. The van der Waals surface area contributed by atoms with Gasteiger partial charge in [-0.1, -0.05) is 11.6 Å². The lowest BCUT2D eigenvalue weighted by Crippen LogP contribution is -1.93. The average molecular weight is 114 g/mol. The van der Waals surface area contributed by atoms with Crippen molar-refractivity contribution in [3.05, 3.63) is 11.6 Å². The molecule has 0 amide bonds. The summed E-state index contributed by atoms with van der Waals surface area (Å²) in [6.07, 6.45) is 7.59. The molecule has 0 aliphatic heterocycles. The third-order valence-corrected chi connectivity index (χ3v) is 1.65. The molecule has 0 saturated carbocycles. The molecule has 0 N–H and O–H groups in total. The van der Waals surface area contributed by atoms with E-state index >= 15 is 0 Å². The zero-order valence-electron chi connectivity index (χ0n) is 4.48. The first kappa shape index (κ1) is 5.31. The first-order chi connectivity index (χ1) is 3.43. The van der Waals surface area contributed by atoms with E-state index in [-0.39, 0.29) is 0 Å². The topological polar surface area (TPSA) is 0 Å². The number of hydrogen-bond donors (Lipinski definition) is 0. The molecule has 0 bridgehead atoms. The van der Waals surface area contributed by atoms with Gasteiger partial charge in [-0.15, -0.1) is 9.24 Å². The van der Waals surface area contributed by atoms with Crippen LogP contribution in [0.15, 0.2) is 11.6 Å². The minimum Gasteiger partial charge on any atom is -0.137 e. The number of rotatable bonds is 2. The Hall–Kier alpha value is 0.170. The van der Waals surface area contributed by atoms with Gasteiger partial charge in [0.25, 0.3) is 0 Å². The van der Waals surface area contributed by atoms with Crippen LogP contribution in [0.25, 0.3) is 0 Å². The van der Waals surface area contributed by atoms with Crippen LogP contribution in [-0.2, 0) is 0 Å². The molecule has 0 fully saturated rings. The summed E-state index contributed by atoms with van der Waals surface area (Å²) in [6.45, 7) is 0. The van der Waals surface area contributed by atoms with Gasteiger partial charge in [0.1, 0.15) is 0 Å². The van der Waals surface area contributed by atoms with E-state index in [0.717, 1.165) is 0 Å². The third-order valence-electron chi connectivity index (χ3n) is 1.36. The fourth-order valence-corrected chi connectivity index (χ4v) is 1.13. The molecule has 0 radical (unpaired) electrons. The van der Waals surface area contributed by atoms with E-state index in [0.29, 0.717) is 0 Å². The molecule has 1 heteroatoms. The van der Waals surface area contributed by atoms with Gasteiger partial charge in [-0.05, 0) is 25.4 Å². The molecule has 0 saturated heterocycles. The van der Waals surface area contributed by atoms with E-state index in [4.69, 9.17) is 0 Å². The lowest BCUT2D eigenvalue weighted by Gasteiger charge is -2.11. The Balaban J connectivity index is 2.15. The van der Waals surface area contributed by atoms with Crippen molar-refractivity contribution in [3.8, 4) is 0 Å². The van der Waals surface area contributed by atoms with Crippen molar-refractivity contribution < 1.29 is 0 Å². The van der Waals surface area contributed by atoms with Crippen molar-refractivity contribution in [1.29, 1.82) is 0 Å². The highest BCUT2D eigenvalue weighted by molar-refractivity contribution is 7.16. The van der Waals surface area contributed by atoms with Crippen molar-refractivity contribution in [2.45, 2.75) is 19.3 Å². The molecule has 1 rings (SSSR count). The van der Waals surface area contributed by atoms with Crippen molar-refractivity contribution >= 4 is 9.24 Å². The molecule has 1 atom stereocenters. The smallest absolute Gasteiger partial charge is 0.0285 e. The summed E-state index contributed by atoms with van der Waals surface area (Å²) in [5.74, 6) is 0. The maximum atomic E-state index is 2.75. The second-order valence-electron chi connectivity index (χ2n) is 1.94. The van der Waals surface area contributed by atoms with Crippen LogP contribution in [0.1, 0.15) is 19.3 Å². The van der Waals surface area contributed by atoms with E-state index in [2.05, 4.69) is 15.3 Å². The van der Waals surface area contributed by atoms with Crippen LogP contribution in [0, 0.1) is 0 Å². The summed E-state index contributed by atoms with van der Waals surface area (Å²) in [6, 6.07) is 0. The van der Waals surface area contributed by atoms with E-state index in [1.165, 1.54) is 25.4 Å². The monoisotopic (exact) mass is 114 g/mol. The fraction of sp³-hybridized carbons (Fsp3) is 0.667. The van der Waals surface area contributed by atoms with Gasteiger partial charge in [0.05, 0.1) is 0 Å². The number of hydrogen-bond acceptors (Lipinski definition) is 0. The standard InChI is InChI=1S/C6H11P/c7-5-4-6-2-1-3-6/h2H,1,3-5,7H2. The van der Waals surface area contributed by atoms with Gasteiger partial charge in [-0.25, -0.2) is 0 Å². The van der Waals surface area contributed by atoms with Gasteiger partial charge < -0.3 is 0 Å². The highest BCUT2D eigenvalue weighted by Crippen LogP contribution is 2.21. The second-order valence-corrected chi connectivity index (χ2v) is 2.52. The summed E-state index contributed by atoms with van der Waals surface area (Å²) in [5, 5.41) is 0. The minimum absolute atomic E-state index is 1.24. The minimum atomic E-state index is 1.24. The fourth-order valence-electron chi connectivity index (χ4n) is 0.761. The molecule has 0 spiro atoms. The molecular formula is C6H11P. The molecule has 1 unspecified atom stereocenters. The first-order valence-corrected chi connectivity index (χ1v) is 3.63. The Morgan fingerprint density at radius 1 is 1.71 bits per heavy atom. The first-order valence-electron chi connectivity index (χ1n) is 2.81. The highest BCUT2D eigenvalue weighted by atomic mass is 31.0. The van der Waals surface area contributed by atoms with Crippen molar-refractivity contribution in [2.75, 3.05) is 6.16 Å². The Labute approximate surface area is 47.2 Å². The van der Waals surface area contributed by atoms with Gasteiger partial charge in [0.2, 0.25) is 0 Å². The summed E-state index contributed by atoms with van der Waals surface area (Å²) < 4.78 is 0. The second kappa shape index (κ2) is 2.47. The molecule has 1 aliphatic rings. The summed E-state index contributed by atoms with van der Waals surface area (Å²) >= 11 is 0. The SMILES string of the molecule is PCCC1=CCC1. The Morgan fingerprint density at radius 3 is 2.57 bits per heavy atom. The number of allylic oxidation sites excluding steroid dienone is 2. The van der Waals surface area contributed by atoms with E-state index in [1.54, 1.807) is 5.57 Å². The van der Waals surface area contributed by atoms with Crippen LogP contribution >= 0.6 is 9.24 Å². The highest BCUT2D eigenvalue weighted by Gasteiger charge is 2.01. The van der Waals surface area contributed by atoms with Gasteiger partial charge in [-0.2, -0.15) is 0 Å². The normalized spacial score (nSPS) is 18.1. The molecule has 7 heavy (non-hydrogen) atoms. The van der Waals surface area contributed by atoms with Crippen LogP contribution in [0.5, 0.6) is 0 Å². The van der Waals surface area contributed by atoms with Crippen LogP contribution in [-0.4, -0.2) is 6.16 Å². The molecule has 0 heterocycles. The molecule has 0 aromatic rings. The zero-order chi connectivity index (χ0) is 5.11. The van der Waals surface area contributed by atoms with Crippen LogP contribution in [0.2, 0.25) is 0 Å². The van der Waals surface area contributed by atoms with Gasteiger partial charge in [0.15, 0.2) is 0 Å². The molecular weight excluding hydrogens is 103 g/mol. The van der Waals surface area contributed by atoms with Crippen LogP contribution < -0.4 is 0 Å². The van der Waals surface area contributed by atoms with E-state index in [9.17, 15) is 0 Å². The predicted octanol–water partition coefficient (Wildman–Crippen LogP) is 1.97. The Bertz CT molecular complexity index is 84.2. The van der Waals surface area contributed by atoms with Crippen LogP contribution in [0.4, 0.5) is 0 Å². The quantitative estimate of drug-likeness (QED) is 0.380. The van der Waals surface area contributed by atoms with E-state index < -0.39 is 0 Å². The predicted molar refractivity (Wildman–Crippen MR) is 36.5 cm³/mol. The summed E-state index contributed by atoms with van der Waals surface area (Å²) in [5.41, 5.74) is 1.66. The van der Waals surface area contributed by atoms with Crippen molar-refractivity contribution in [1.82, 2.24) is 0 Å². The van der Waals surface area contributed by atoms with Gasteiger partial charge >= 0.3 is 0 Å². The average Bonchev–Trinajstić information content (AvgIpc) is 1.55.